The first kappa shape index (κ1) is 20.8. The van der Waals surface area contributed by atoms with Gasteiger partial charge < -0.3 is 5.32 Å². The minimum Gasteiger partial charge on any atom is -0.326 e. The third kappa shape index (κ3) is 3.69. The highest BCUT2D eigenvalue weighted by molar-refractivity contribution is 7.99. The van der Waals surface area contributed by atoms with Crippen molar-refractivity contribution in [2.24, 2.45) is 0 Å². The molecule has 1 atom stereocenters. The van der Waals surface area contributed by atoms with Crippen LogP contribution in [0.25, 0.3) is 16.7 Å². The molecule has 0 radical (unpaired) electrons. The molecule has 32 heavy (non-hydrogen) atoms. The molecule has 1 N–H and O–H groups in total. The fourth-order valence-electron chi connectivity index (χ4n) is 3.80. The van der Waals surface area contributed by atoms with Crippen molar-refractivity contribution in [2.75, 3.05) is 11.1 Å². The minimum atomic E-state index is -0.276. The van der Waals surface area contributed by atoms with Gasteiger partial charge in [-0.25, -0.2) is 9.67 Å². The van der Waals surface area contributed by atoms with Gasteiger partial charge in [-0.3, -0.25) is 14.2 Å². The lowest BCUT2D eigenvalue weighted by atomic mass is 10.1. The number of anilines is 1. The van der Waals surface area contributed by atoms with Gasteiger partial charge in [0.25, 0.3) is 5.56 Å². The molecule has 0 saturated heterocycles. The summed E-state index contributed by atoms with van der Waals surface area (Å²) in [4.78, 5) is 30.7. The zero-order valence-electron chi connectivity index (χ0n) is 17.5. The fourth-order valence-corrected chi connectivity index (χ4v) is 5.10. The molecule has 0 aliphatic carbocycles. The van der Waals surface area contributed by atoms with Crippen LogP contribution in [0.4, 0.5) is 5.69 Å². The molecule has 0 saturated carbocycles. The van der Waals surface area contributed by atoms with E-state index in [1.807, 2.05) is 44.2 Å². The molecule has 1 aliphatic heterocycles. The molecule has 4 aromatic rings. The van der Waals surface area contributed by atoms with E-state index in [1.165, 1.54) is 11.8 Å². The van der Waals surface area contributed by atoms with Crippen LogP contribution in [0, 0.1) is 13.8 Å². The molecule has 0 bridgehead atoms. The van der Waals surface area contributed by atoms with Crippen LogP contribution in [0.2, 0.25) is 5.02 Å². The summed E-state index contributed by atoms with van der Waals surface area (Å²) in [6.45, 7) is 3.92. The van der Waals surface area contributed by atoms with E-state index in [0.717, 1.165) is 16.8 Å². The summed E-state index contributed by atoms with van der Waals surface area (Å²) < 4.78 is 3.30. The molecule has 2 aromatic carbocycles. The summed E-state index contributed by atoms with van der Waals surface area (Å²) in [5.74, 6) is 0.436. The lowest BCUT2D eigenvalue weighted by Gasteiger charge is -2.14. The van der Waals surface area contributed by atoms with Gasteiger partial charge in [-0.15, -0.1) is 0 Å². The zero-order valence-corrected chi connectivity index (χ0v) is 19.1. The number of fused-ring (bicyclic) bond motifs is 2. The normalized spacial score (nSPS) is 15.2. The van der Waals surface area contributed by atoms with Crippen LogP contribution in [0.3, 0.4) is 0 Å². The molecule has 5 rings (SSSR count). The van der Waals surface area contributed by atoms with Gasteiger partial charge in [0.15, 0.2) is 10.8 Å². The Labute approximate surface area is 193 Å². The lowest BCUT2D eigenvalue weighted by molar-refractivity contribution is -0.116. The maximum atomic E-state index is 13.3. The van der Waals surface area contributed by atoms with Gasteiger partial charge in [0.2, 0.25) is 5.91 Å². The Hall–Kier alpha value is -3.10. The zero-order chi connectivity index (χ0) is 22.4. The summed E-state index contributed by atoms with van der Waals surface area (Å²) in [5.41, 5.74) is 3.94. The number of aryl methyl sites for hydroxylation is 2. The van der Waals surface area contributed by atoms with E-state index in [2.05, 4.69) is 10.4 Å². The number of benzene rings is 2. The molecule has 3 heterocycles. The van der Waals surface area contributed by atoms with Gasteiger partial charge in [0, 0.05) is 22.9 Å². The number of carbonyl (C=O) groups excluding carboxylic acids is 1. The summed E-state index contributed by atoms with van der Waals surface area (Å²) in [6.07, 6.45) is 1.72. The number of halogens is 1. The third-order valence-corrected chi connectivity index (χ3v) is 6.88. The van der Waals surface area contributed by atoms with Gasteiger partial charge in [-0.1, -0.05) is 47.1 Å². The van der Waals surface area contributed by atoms with Crippen LogP contribution in [-0.2, 0) is 4.79 Å². The Kier molecular flexibility index (Phi) is 5.27. The molecule has 0 fully saturated rings. The SMILES string of the molecule is Cc1ccc(-n2ncc3c(=O)n4c(nc32)SCC4CC(=O)Nc2cc(Cl)ccc2C)cc1. The van der Waals surface area contributed by atoms with Gasteiger partial charge in [-0.2, -0.15) is 5.10 Å². The number of nitrogens with zero attached hydrogens (tertiary/aromatic N) is 4. The second-order valence-electron chi connectivity index (χ2n) is 7.88. The Bertz CT molecular complexity index is 1410. The van der Waals surface area contributed by atoms with Crippen LogP contribution in [0.5, 0.6) is 0 Å². The maximum Gasteiger partial charge on any atom is 0.265 e. The van der Waals surface area contributed by atoms with E-state index >= 15 is 0 Å². The molecular formula is C23H20ClN5O2S. The van der Waals surface area contributed by atoms with Crippen molar-refractivity contribution in [1.82, 2.24) is 19.3 Å². The number of thioether (sulfide) groups is 1. The van der Waals surface area contributed by atoms with E-state index in [0.29, 0.717) is 32.7 Å². The summed E-state index contributed by atoms with van der Waals surface area (Å²) >= 11 is 7.53. The van der Waals surface area contributed by atoms with Crippen molar-refractivity contribution >= 4 is 46.0 Å². The van der Waals surface area contributed by atoms with Crippen LogP contribution in [0.1, 0.15) is 23.6 Å². The van der Waals surface area contributed by atoms with E-state index in [-0.39, 0.29) is 23.9 Å². The molecule has 1 unspecified atom stereocenters. The lowest BCUT2D eigenvalue weighted by Crippen LogP contribution is -2.27. The number of hydrogen-bond acceptors (Lipinski definition) is 5. The highest BCUT2D eigenvalue weighted by Gasteiger charge is 2.29. The summed E-state index contributed by atoms with van der Waals surface area (Å²) in [5, 5.41) is 8.91. The number of aromatic nitrogens is 4. The Morgan fingerprint density at radius 1 is 1.22 bits per heavy atom. The van der Waals surface area contributed by atoms with Gasteiger partial charge in [-0.05, 0) is 43.7 Å². The van der Waals surface area contributed by atoms with Crippen molar-refractivity contribution in [2.45, 2.75) is 31.5 Å². The van der Waals surface area contributed by atoms with E-state index < -0.39 is 0 Å². The maximum absolute atomic E-state index is 13.3. The van der Waals surface area contributed by atoms with E-state index in [1.54, 1.807) is 27.6 Å². The molecule has 0 spiro atoms. The molecule has 162 valence electrons. The van der Waals surface area contributed by atoms with Crippen molar-refractivity contribution in [3.8, 4) is 5.69 Å². The van der Waals surface area contributed by atoms with Crippen molar-refractivity contribution in [3.05, 3.63) is 75.2 Å². The minimum absolute atomic E-state index is 0.170. The second-order valence-corrected chi connectivity index (χ2v) is 9.30. The predicted octanol–water partition coefficient (Wildman–Crippen LogP) is 4.53. The molecular weight excluding hydrogens is 446 g/mol. The second kappa shape index (κ2) is 8.11. The molecule has 1 aliphatic rings. The largest absolute Gasteiger partial charge is 0.326 e. The van der Waals surface area contributed by atoms with E-state index in [9.17, 15) is 9.59 Å². The number of amides is 1. The van der Waals surface area contributed by atoms with Crippen molar-refractivity contribution in [3.63, 3.8) is 0 Å². The predicted molar refractivity (Wildman–Crippen MR) is 127 cm³/mol. The molecule has 9 heteroatoms. The highest BCUT2D eigenvalue weighted by atomic mass is 35.5. The Balaban J connectivity index is 1.44. The summed E-state index contributed by atoms with van der Waals surface area (Å²) in [7, 11) is 0. The topological polar surface area (TPSA) is 81.8 Å². The Morgan fingerprint density at radius 2 is 2.00 bits per heavy atom. The Morgan fingerprint density at radius 3 is 2.78 bits per heavy atom. The average molecular weight is 466 g/mol. The first-order valence-electron chi connectivity index (χ1n) is 10.2. The van der Waals surface area contributed by atoms with E-state index in [4.69, 9.17) is 16.6 Å². The number of rotatable bonds is 4. The number of hydrogen-bond donors (Lipinski definition) is 1. The molecule has 7 nitrogen and oxygen atoms in total. The van der Waals surface area contributed by atoms with Gasteiger partial charge >= 0.3 is 0 Å². The van der Waals surface area contributed by atoms with Gasteiger partial charge in [0.05, 0.1) is 17.9 Å². The third-order valence-electron chi connectivity index (χ3n) is 5.54. The van der Waals surface area contributed by atoms with Crippen LogP contribution in [0.15, 0.2) is 58.6 Å². The summed E-state index contributed by atoms with van der Waals surface area (Å²) in [6, 6.07) is 13.0. The number of carbonyl (C=O) groups is 1. The smallest absolute Gasteiger partial charge is 0.265 e. The van der Waals surface area contributed by atoms with Crippen LogP contribution < -0.4 is 10.9 Å². The first-order chi connectivity index (χ1) is 15.4. The van der Waals surface area contributed by atoms with Crippen LogP contribution >= 0.6 is 23.4 Å². The number of nitrogens with one attached hydrogen (secondary N) is 1. The molecule has 2 aromatic heterocycles. The quantitative estimate of drug-likeness (QED) is 0.448. The fraction of sp³-hybridized carbons (Fsp3) is 0.217. The van der Waals surface area contributed by atoms with Gasteiger partial charge in [0.1, 0.15) is 5.39 Å². The molecule has 1 amide bonds. The standard InChI is InChI=1S/C23H20ClN5O2S/c1-13-3-7-16(8-4-13)29-21-18(11-25-29)22(31)28-17(12-32-23(28)27-21)10-20(30)26-19-9-15(24)6-5-14(19)2/h3-9,11,17H,10,12H2,1-2H3,(H,26,30). The monoisotopic (exact) mass is 465 g/mol. The first-order valence-corrected chi connectivity index (χ1v) is 11.5. The highest BCUT2D eigenvalue weighted by Crippen LogP contribution is 2.34. The average Bonchev–Trinajstić information content (AvgIpc) is 3.36. The van der Waals surface area contributed by atoms with Crippen LogP contribution in [-0.4, -0.2) is 31.0 Å². The van der Waals surface area contributed by atoms with Crippen molar-refractivity contribution < 1.29 is 4.79 Å². The van der Waals surface area contributed by atoms with Crippen molar-refractivity contribution in [1.29, 1.82) is 0 Å².